The lowest BCUT2D eigenvalue weighted by molar-refractivity contribution is -0.118. The Balaban J connectivity index is 0.680. The quantitative estimate of drug-likeness (QED) is 0.0436. The number of aromatic nitrogens is 2. The summed E-state index contributed by atoms with van der Waals surface area (Å²) in [7, 11) is 3.41. The van der Waals surface area contributed by atoms with Crippen LogP contribution in [0.3, 0.4) is 0 Å². The van der Waals surface area contributed by atoms with Crippen molar-refractivity contribution in [2.75, 3.05) is 108 Å². The monoisotopic (exact) mass is 1290 g/mol. The molecule has 0 spiro atoms. The summed E-state index contributed by atoms with van der Waals surface area (Å²) in [5, 5.41) is 41.9. The van der Waals surface area contributed by atoms with Crippen LogP contribution in [0, 0.1) is 39.7 Å². The number of anilines is 3. The Bertz CT molecular complexity index is 3710. The second-order valence-corrected chi connectivity index (χ2v) is 25.4. The highest BCUT2D eigenvalue weighted by atomic mass is 35.5. The van der Waals surface area contributed by atoms with Crippen LogP contribution in [0.15, 0.2) is 97.1 Å². The maximum Gasteiger partial charge on any atom is 0.407 e. The fraction of sp³-hybridized carbons (Fsp3) is 0.448. The van der Waals surface area contributed by atoms with E-state index in [0.717, 1.165) is 46.1 Å². The molecule has 0 unspecified atom stereocenters. The Kier molecular flexibility index (Phi) is 21.1. The summed E-state index contributed by atoms with van der Waals surface area (Å²) in [5.41, 5.74) is 1.02. The fourth-order valence-electron chi connectivity index (χ4n) is 13.1. The van der Waals surface area contributed by atoms with Crippen molar-refractivity contribution < 1.29 is 52.0 Å². The second kappa shape index (κ2) is 29.1. The van der Waals surface area contributed by atoms with Gasteiger partial charge >= 0.3 is 12.1 Å². The van der Waals surface area contributed by atoms with Gasteiger partial charge in [0.05, 0.1) is 99.8 Å². The Morgan fingerprint density at radius 2 is 1.65 bits per heavy atom. The van der Waals surface area contributed by atoms with E-state index in [4.69, 9.17) is 56.9 Å². The SMILES string of the molecule is COc1cc(C(=O)NCCOCCOCCO[C@@H]2C[C@@H](COc3nc4c(c(N5CCN(C(=O)O)[C@@H](CC#N)C5)n3)CCN(c3cccc5ccccc35)C4)N(C)C2)ccc1NC(=O)[C@@H]1N[C@@H](CC(C)(C)C)[C@](C#N)(c2ccc(Cl)cc2F)[C@H]1c1cccc(Cl)c1F. The van der Waals surface area contributed by atoms with E-state index in [0.29, 0.717) is 65.4 Å². The number of hydrogen-bond acceptors (Lipinski definition) is 16. The van der Waals surface area contributed by atoms with E-state index in [2.05, 4.69) is 73.1 Å². The highest BCUT2D eigenvalue weighted by Gasteiger charge is 2.61. The number of benzene rings is 5. The maximum atomic E-state index is 16.2. The first kappa shape index (κ1) is 66.0. The number of nitrogens with zero attached hydrogens (tertiary/aromatic N) is 8. The van der Waals surface area contributed by atoms with E-state index in [9.17, 15) is 30.0 Å². The van der Waals surface area contributed by atoms with E-state index in [1.807, 2.05) is 40.0 Å². The minimum Gasteiger partial charge on any atom is -0.495 e. The van der Waals surface area contributed by atoms with Crippen LogP contribution in [0.25, 0.3) is 10.8 Å². The number of carboxylic acid groups (broad SMARTS) is 1. The van der Waals surface area contributed by atoms with E-state index < -0.39 is 64.4 Å². The van der Waals surface area contributed by atoms with Crippen LogP contribution in [0.4, 0.5) is 30.8 Å². The van der Waals surface area contributed by atoms with Gasteiger partial charge in [0.1, 0.15) is 35.2 Å². The Morgan fingerprint density at radius 1 is 0.879 bits per heavy atom. The third-order valence-electron chi connectivity index (χ3n) is 17.5. The number of hydrogen-bond donors (Lipinski definition) is 4. The lowest BCUT2D eigenvalue weighted by Gasteiger charge is -2.41. The third-order valence-corrected chi connectivity index (χ3v) is 18.0. The molecule has 0 saturated carbocycles. The van der Waals surface area contributed by atoms with Crippen LogP contribution in [0.2, 0.25) is 10.0 Å². The molecule has 7 atom stereocenters. The van der Waals surface area contributed by atoms with Crippen molar-refractivity contribution >= 4 is 69.1 Å². The molecule has 5 aromatic carbocycles. The van der Waals surface area contributed by atoms with Crippen LogP contribution in [-0.2, 0) is 37.4 Å². The van der Waals surface area contributed by atoms with Gasteiger partial charge < -0.3 is 59.4 Å². The summed E-state index contributed by atoms with van der Waals surface area (Å²) in [6.45, 7) is 10.8. The van der Waals surface area contributed by atoms with E-state index in [1.165, 1.54) is 60.5 Å². The summed E-state index contributed by atoms with van der Waals surface area (Å²) in [5.74, 6) is -3.15. The molecule has 1 aromatic heterocycles. The zero-order valence-electron chi connectivity index (χ0n) is 51.5. The van der Waals surface area contributed by atoms with Crippen molar-refractivity contribution in [3.8, 4) is 23.9 Å². The van der Waals surface area contributed by atoms with Crippen LogP contribution in [0.5, 0.6) is 11.8 Å². The van der Waals surface area contributed by atoms with Crippen molar-refractivity contribution in [1.82, 2.24) is 30.4 Å². The molecule has 3 fully saturated rings. The van der Waals surface area contributed by atoms with Crippen molar-refractivity contribution in [3.05, 3.63) is 147 Å². The van der Waals surface area contributed by atoms with Crippen molar-refractivity contribution in [2.45, 2.75) is 94.6 Å². The molecule has 480 valence electrons. The molecule has 4 aliphatic heterocycles. The van der Waals surface area contributed by atoms with Gasteiger partial charge in [0.25, 0.3) is 5.91 Å². The summed E-state index contributed by atoms with van der Waals surface area (Å²) < 4.78 is 62.2. The van der Waals surface area contributed by atoms with Gasteiger partial charge in [0.15, 0.2) is 0 Å². The number of fused-ring (bicyclic) bond motifs is 2. The van der Waals surface area contributed by atoms with Gasteiger partial charge in [-0.05, 0) is 85.1 Å². The van der Waals surface area contributed by atoms with E-state index in [-0.39, 0.29) is 95.5 Å². The van der Waals surface area contributed by atoms with Gasteiger partial charge in [-0.25, -0.2) is 13.6 Å². The number of carbonyl (C=O) groups excluding carboxylic acids is 2. The average Bonchev–Trinajstić information content (AvgIpc) is 1.61. The summed E-state index contributed by atoms with van der Waals surface area (Å²) in [6, 6.07) is 29.5. The van der Waals surface area contributed by atoms with Crippen LogP contribution < -0.4 is 35.2 Å². The van der Waals surface area contributed by atoms with Crippen molar-refractivity contribution in [2.24, 2.45) is 5.41 Å². The number of ether oxygens (including phenoxy) is 5. The lowest BCUT2D eigenvalue weighted by atomic mass is 9.62. The molecule has 3 saturated heterocycles. The molecular weight excluding hydrogens is 1210 g/mol. The Labute approximate surface area is 538 Å². The molecular formula is C67H75Cl2F2N11O9. The number of likely N-dealkylation sites (N-methyl/N-ethyl adjacent to an activating group) is 1. The normalized spacial score (nSPS) is 21.7. The fourth-order valence-corrected chi connectivity index (χ4v) is 13.5. The first-order valence-corrected chi connectivity index (χ1v) is 31.2. The summed E-state index contributed by atoms with van der Waals surface area (Å²) >= 11 is 12.5. The molecule has 3 amide bonds. The van der Waals surface area contributed by atoms with Crippen molar-refractivity contribution in [3.63, 3.8) is 0 Å². The van der Waals surface area contributed by atoms with Crippen LogP contribution in [0.1, 0.15) is 78.7 Å². The number of likely N-dealkylation sites (tertiary alicyclic amines) is 1. The molecule has 24 heteroatoms. The Hall–Kier alpha value is -7.93. The van der Waals surface area contributed by atoms with E-state index >= 15 is 8.78 Å². The minimum atomic E-state index is -1.83. The predicted octanol–water partition coefficient (Wildman–Crippen LogP) is 9.76. The van der Waals surface area contributed by atoms with Gasteiger partial charge in [-0.3, -0.25) is 14.5 Å². The largest absolute Gasteiger partial charge is 0.495 e. The highest BCUT2D eigenvalue weighted by molar-refractivity contribution is 6.31. The van der Waals surface area contributed by atoms with Crippen LogP contribution in [-0.4, -0.2) is 166 Å². The standard InChI is InChI=1S/C67H75Cl2F2N11O9/c1-66(2,3)35-57-67(40-73,50-18-17-43(68)33-52(50)70)58(49-13-9-14-51(69)59(49)71)60(77-57)63(84)75-53-19-16-42(32-56(53)87-5)62(83)74-23-27-88-28-29-89-30-31-90-46-34-45(79(4)37-46)39-91-64-76-54-38-80(55-15-8-11-41-10-6-7-12-47(41)55)24-21-48(54)61(78-64)81-25-26-82(65(85)86)44(36-81)20-22-72/h6-19,32-33,44-46,57-58,60,77H,20-21,23-31,34-39H2,1-5H3,(H,74,83)(H,75,84)(H,85,86)/t44-,45-,46+,57-,58-,60+,67-/m0/s1. The molecule has 0 bridgehead atoms. The first-order chi connectivity index (χ1) is 43.8. The molecule has 6 aromatic rings. The molecule has 91 heavy (non-hydrogen) atoms. The number of rotatable bonds is 23. The number of halogens is 4. The zero-order valence-corrected chi connectivity index (χ0v) is 53.0. The van der Waals surface area contributed by atoms with Gasteiger partial charge in [0, 0.05) is 90.1 Å². The lowest BCUT2D eigenvalue weighted by Crippen LogP contribution is -2.55. The van der Waals surface area contributed by atoms with Gasteiger partial charge in [-0.1, -0.05) is 98.6 Å². The number of nitrogens with one attached hydrogen (secondary N) is 3. The number of piperazine rings is 1. The summed E-state index contributed by atoms with van der Waals surface area (Å²) in [6.07, 6.45) is 0.639. The number of carbonyl (C=O) groups is 3. The maximum absolute atomic E-state index is 16.2. The first-order valence-electron chi connectivity index (χ1n) is 30.5. The molecule has 5 heterocycles. The number of amides is 3. The van der Waals surface area contributed by atoms with E-state index in [1.54, 1.807) is 0 Å². The van der Waals surface area contributed by atoms with Gasteiger partial charge in [0.2, 0.25) is 5.91 Å². The zero-order chi connectivity index (χ0) is 64.6. The average molecular weight is 1290 g/mol. The third kappa shape index (κ3) is 14.9. The molecule has 4 aliphatic rings. The number of nitriles is 2. The van der Waals surface area contributed by atoms with Gasteiger partial charge in [-0.15, -0.1) is 0 Å². The van der Waals surface area contributed by atoms with Crippen molar-refractivity contribution in [1.29, 1.82) is 10.5 Å². The number of methoxy groups -OCH3 is 1. The van der Waals surface area contributed by atoms with Crippen LogP contribution >= 0.6 is 23.2 Å². The topological polar surface area (TPSA) is 240 Å². The smallest absolute Gasteiger partial charge is 0.407 e. The van der Waals surface area contributed by atoms with Gasteiger partial charge in [-0.2, -0.15) is 20.5 Å². The molecule has 10 rings (SSSR count). The molecule has 0 radical (unpaired) electrons. The summed E-state index contributed by atoms with van der Waals surface area (Å²) in [4.78, 5) is 58.0. The molecule has 4 N–H and O–H groups in total. The minimum absolute atomic E-state index is 0.0177. The predicted molar refractivity (Wildman–Crippen MR) is 341 cm³/mol. The Morgan fingerprint density at radius 3 is 2.41 bits per heavy atom. The second-order valence-electron chi connectivity index (χ2n) is 24.6. The highest BCUT2D eigenvalue weighted by Crippen LogP contribution is 2.53. The molecule has 20 nitrogen and oxygen atoms in total. The molecule has 0 aliphatic carbocycles.